The van der Waals surface area contributed by atoms with Gasteiger partial charge in [0.05, 0.1) is 7.11 Å². The normalized spacial score (nSPS) is 18.6. The van der Waals surface area contributed by atoms with Crippen molar-refractivity contribution in [3.63, 3.8) is 0 Å². The number of methoxy groups -OCH3 is 1. The first-order chi connectivity index (χ1) is 9.54. The summed E-state index contributed by atoms with van der Waals surface area (Å²) in [6.45, 7) is 3.36. The Balaban J connectivity index is 0.000000246. The van der Waals surface area contributed by atoms with E-state index in [0.29, 0.717) is 6.04 Å². The Morgan fingerprint density at radius 3 is 2.45 bits per heavy atom. The van der Waals surface area contributed by atoms with Gasteiger partial charge in [-0.2, -0.15) is 0 Å². The van der Waals surface area contributed by atoms with Crippen molar-refractivity contribution in [2.24, 2.45) is 5.73 Å². The molecule has 1 aliphatic heterocycles. The molecule has 1 aliphatic rings. The molecule has 1 heterocycles. The van der Waals surface area contributed by atoms with Crippen LogP contribution in [-0.4, -0.2) is 50.6 Å². The van der Waals surface area contributed by atoms with Gasteiger partial charge in [-0.1, -0.05) is 30.3 Å². The van der Waals surface area contributed by atoms with Crippen molar-refractivity contribution >= 4 is 11.9 Å². The van der Waals surface area contributed by atoms with E-state index in [0.717, 1.165) is 26.7 Å². The molecule has 0 aromatic heterocycles. The number of likely N-dealkylation sites (N-methyl/N-ethyl adjacent to an activating group) is 1. The molecular weight excluding hydrogens is 258 g/mol. The molecule has 1 unspecified atom stereocenters. The minimum Gasteiger partial charge on any atom is -0.462 e. The highest BCUT2D eigenvalue weighted by Gasteiger charge is 2.17. The molecule has 0 aliphatic carbocycles. The highest BCUT2D eigenvalue weighted by Crippen LogP contribution is 2.15. The number of nitrogens with two attached hydrogens (primary N) is 1. The lowest BCUT2D eigenvalue weighted by Gasteiger charge is -2.31. The molecular formula is C14H21N3O3. The van der Waals surface area contributed by atoms with Crippen molar-refractivity contribution in [2.45, 2.75) is 6.04 Å². The Bertz CT molecular complexity index is 437. The number of ether oxygens (including phenoxy) is 1. The third kappa shape index (κ3) is 5.38. The topological polar surface area (TPSA) is 84.7 Å². The predicted octanol–water partition coefficient (Wildman–Crippen LogP) is -0.0926. The lowest BCUT2D eigenvalue weighted by molar-refractivity contribution is -0.151. The Kier molecular flexibility index (Phi) is 6.69. The maximum Gasteiger partial charge on any atom is 0.396 e. The van der Waals surface area contributed by atoms with E-state index < -0.39 is 11.9 Å². The molecule has 1 atom stereocenters. The van der Waals surface area contributed by atoms with Crippen LogP contribution in [0.3, 0.4) is 0 Å². The van der Waals surface area contributed by atoms with Crippen molar-refractivity contribution in [3.05, 3.63) is 35.9 Å². The zero-order valence-corrected chi connectivity index (χ0v) is 11.8. The molecule has 0 bridgehead atoms. The van der Waals surface area contributed by atoms with E-state index in [2.05, 4.69) is 58.1 Å². The summed E-state index contributed by atoms with van der Waals surface area (Å²) in [6, 6.07) is 11.2. The maximum atomic E-state index is 9.81. The Morgan fingerprint density at radius 1 is 1.35 bits per heavy atom. The second-order valence-electron chi connectivity index (χ2n) is 4.54. The van der Waals surface area contributed by atoms with E-state index in [9.17, 15) is 9.59 Å². The summed E-state index contributed by atoms with van der Waals surface area (Å²) in [6.07, 6.45) is 0. The minimum absolute atomic E-state index is 0.514. The van der Waals surface area contributed by atoms with Crippen molar-refractivity contribution in [1.29, 1.82) is 0 Å². The molecule has 1 saturated heterocycles. The number of carbonyl (C=O) groups excluding carboxylic acids is 2. The van der Waals surface area contributed by atoms with Gasteiger partial charge in [0.2, 0.25) is 0 Å². The number of hydrogen-bond acceptors (Lipinski definition) is 5. The third-order valence-corrected chi connectivity index (χ3v) is 2.97. The Morgan fingerprint density at radius 2 is 2.00 bits per heavy atom. The number of rotatable bonds is 1. The molecule has 6 heteroatoms. The molecule has 6 nitrogen and oxygen atoms in total. The van der Waals surface area contributed by atoms with Gasteiger partial charge in [-0.05, 0) is 12.6 Å². The summed E-state index contributed by atoms with van der Waals surface area (Å²) in [7, 11) is 3.27. The number of nitrogens with one attached hydrogen (secondary N) is 1. The monoisotopic (exact) mass is 279 g/mol. The first-order valence-electron chi connectivity index (χ1n) is 6.39. The fraction of sp³-hybridized carbons (Fsp3) is 0.429. The van der Waals surface area contributed by atoms with Crippen LogP contribution in [0.2, 0.25) is 0 Å². The minimum atomic E-state index is -1.07. The quantitative estimate of drug-likeness (QED) is 0.554. The average molecular weight is 279 g/mol. The van der Waals surface area contributed by atoms with Crippen LogP contribution < -0.4 is 11.1 Å². The van der Waals surface area contributed by atoms with E-state index in [1.165, 1.54) is 5.56 Å². The van der Waals surface area contributed by atoms with E-state index in [1.54, 1.807) is 0 Å². The molecule has 1 fully saturated rings. The molecule has 110 valence electrons. The van der Waals surface area contributed by atoms with Gasteiger partial charge < -0.3 is 20.7 Å². The van der Waals surface area contributed by atoms with Crippen LogP contribution in [0.1, 0.15) is 11.6 Å². The van der Waals surface area contributed by atoms with Crippen molar-refractivity contribution in [1.82, 2.24) is 10.2 Å². The van der Waals surface area contributed by atoms with Crippen LogP contribution in [0.4, 0.5) is 0 Å². The molecule has 1 aromatic carbocycles. The lowest BCUT2D eigenvalue weighted by Crippen LogP contribution is -2.43. The summed E-state index contributed by atoms with van der Waals surface area (Å²) in [5.41, 5.74) is 5.83. The van der Waals surface area contributed by atoms with Crippen molar-refractivity contribution in [3.8, 4) is 0 Å². The zero-order valence-electron chi connectivity index (χ0n) is 11.8. The fourth-order valence-corrected chi connectivity index (χ4v) is 1.91. The van der Waals surface area contributed by atoms with Crippen LogP contribution in [-0.2, 0) is 14.3 Å². The number of amides is 1. The first-order valence-corrected chi connectivity index (χ1v) is 6.39. The van der Waals surface area contributed by atoms with Gasteiger partial charge in [-0.25, -0.2) is 4.79 Å². The van der Waals surface area contributed by atoms with Crippen LogP contribution in [0.25, 0.3) is 0 Å². The second-order valence-corrected chi connectivity index (χ2v) is 4.54. The second kappa shape index (κ2) is 8.29. The number of esters is 1. The van der Waals surface area contributed by atoms with Crippen molar-refractivity contribution in [2.75, 3.05) is 33.8 Å². The van der Waals surface area contributed by atoms with Crippen LogP contribution >= 0.6 is 0 Å². The summed E-state index contributed by atoms with van der Waals surface area (Å²) in [4.78, 5) is 21.9. The van der Waals surface area contributed by atoms with Gasteiger partial charge in [0.1, 0.15) is 0 Å². The van der Waals surface area contributed by atoms with Gasteiger partial charge in [0.15, 0.2) is 0 Å². The molecule has 20 heavy (non-hydrogen) atoms. The fourth-order valence-electron chi connectivity index (χ4n) is 1.91. The van der Waals surface area contributed by atoms with Crippen LogP contribution in [0, 0.1) is 0 Å². The van der Waals surface area contributed by atoms with Gasteiger partial charge in [0.25, 0.3) is 0 Å². The molecule has 1 amide bonds. The largest absolute Gasteiger partial charge is 0.462 e. The molecule has 2 rings (SSSR count). The van der Waals surface area contributed by atoms with E-state index in [-0.39, 0.29) is 0 Å². The van der Waals surface area contributed by atoms with Crippen LogP contribution in [0.5, 0.6) is 0 Å². The predicted molar refractivity (Wildman–Crippen MR) is 75.9 cm³/mol. The number of primary amides is 1. The molecule has 3 N–H and O–H groups in total. The van der Waals surface area contributed by atoms with Gasteiger partial charge in [-0.3, -0.25) is 4.79 Å². The number of benzene rings is 1. The first kappa shape index (κ1) is 16.1. The number of nitrogens with zero attached hydrogens (tertiary/aromatic N) is 1. The number of carbonyl (C=O) groups is 2. The average Bonchev–Trinajstić information content (AvgIpc) is 2.48. The number of piperazine rings is 1. The summed E-state index contributed by atoms with van der Waals surface area (Å²) >= 11 is 0. The molecule has 0 radical (unpaired) electrons. The Labute approximate surface area is 118 Å². The standard InChI is InChI=1S/C11H16N2.C3H5NO3/c1-13-8-7-12-11(9-13)10-5-3-2-4-6-10;1-7-3(6)2(4)5/h2-6,11-12H,7-9H2,1H3;1H3,(H2,4,5). The van der Waals surface area contributed by atoms with Crippen molar-refractivity contribution < 1.29 is 14.3 Å². The SMILES string of the molecule is CN1CCNC(c2ccccc2)C1.COC(=O)C(N)=O. The van der Waals surface area contributed by atoms with E-state index >= 15 is 0 Å². The molecule has 0 spiro atoms. The third-order valence-electron chi connectivity index (χ3n) is 2.97. The van der Waals surface area contributed by atoms with E-state index in [1.807, 2.05) is 0 Å². The summed E-state index contributed by atoms with van der Waals surface area (Å²) in [5.74, 6) is -2.08. The number of hydrogen-bond donors (Lipinski definition) is 2. The molecule has 1 aromatic rings. The summed E-state index contributed by atoms with van der Waals surface area (Å²) < 4.78 is 3.90. The Hall–Kier alpha value is -1.92. The highest BCUT2D eigenvalue weighted by atomic mass is 16.5. The van der Waals surface area contributed by atoms with Gasteiger partial charge in [-0.15, -0.1) is 0 Å². The van der Waals surface area contributed by atoms with Gasteiger partial charge >= 0.3 is 11.9 Å². The maximum absolute atomic E-state index is 9.81. The van der Waals surface area contributed by atoms with Gasteiger partial charge in [0, 0.05) is 25.7 Å². The van der Waals surface area contributed by atoms with E-state index in [4.69, 9.17) is 0 Å². The highest BCUT2D eigenvalue weighted by molar-refractivity contribution is 6.31. The lowest BCUT2D eigenvalue weighted by atomic mass is 10.1. The molecule has 0 saturated carbocycles. The van der Waals surface area contributed by atoms with Crippen LogP contribution in [0.15, 0.2) is 30.3 Å². The zero-order chi connectivity index (χ0) is 15.0. The summed E-state index contributed by atoms with van der Waals surface area (Å²) in [5, 5.41) is 3.52. The smallest absolute Gasteiger partial charge is 0.396 e.